The molecule has 1 aliphatic heterocycles. The molecule has 0 aromatic heterocycles. The maximum atomic E-state index is 12.9. The van der Waals surface area contributed by atoms with Crippen molar-refractivity contribution in [3.8, 4) is 0 Å². The second-order valence-electron chi connectivity index (χ2n) is 19.4. The third kappa shape index (κ3) is 33.6. The molecule has 1 rings (SSSR count). The van der Waals surface area contributed by atoms with Crippen LogP contribution < -0.4 is 5.32 Å². The molecule has 0 aliphatic carbocycles. The summed E-state index contributed by atoms with van der Waals surface area (Å²) in [6, 6.07) is -0.711. The highest BCUT2D eigenvalue weighted by Gasteiger charge is 2.44. The Balaban J connectivity index is 2.06. The highest BCUT2D eigenvalue weighted by Crippen LogP contribution is 2.23. The van der Waals surface area contributed by atoms with Crippen LogP contribution in [-0.2, 0) is 14.3 Å². The second kappa shape index (κ2) is 44.0. The van der Waals surface area contributed by atoms with E-state index < -0.39 is 49.5 Å². The number of hydrogen-bond donors (Lipinski definition) is 6. The maximum absolute atomic E-state index is 12.9. The molecule has 0 spiro atoms. The quantitative estimate of drug-likeness (QED) is 0.0331. The van der Waals surface area contributed by atoms with Crippen LogP contribution in [-0.4, -0.2) is 87.5 Å². The normalized spacial score (nSPS) is 20.1. The number of amides is 1. The van der Waals surface area contributed by atoms with Gasteiger partial charge in [0.05, 0.1) is 25.4 Å². The molecular formula is C53H105NO8. The van der Waals surface area contributed by atoms with Crippen molar-refractivity contribution in [3.05, 3.63) is 0 Å². The molecule has 1 heterocycles. The molecule has 0 aromatic rings. The van der Waals surface area contributed by atoms with Gasteiger partial charge in [0.1, 0.15) is 24.4 Å². The number of aliphatic hydroxyl groups is 5. The monoisotopic (exact) mass is 884 g/mol. The number of unbranched alkanes of at least 4 members (excludes halogenated alkanes) is 37. The van der Waals surface area contributed by atoms with E-state index in [1.165, 1.54) is 212 Å². The molecule has 7 unspecified atom stereocenters. The average Bonchev–Trinajstić information content (AvgIpc) is 3.27. The van der Waals surface area contributed by atoms with Crippen molar-refractivity contribution < 1.29 is 39.8 Å². The number of carbonyl (C=O) groups excluding carboxylic acids is 1. The average molecular weight is 884 g/mol. The number of nitrogens with one attached hydrogen (secondary N) is 1. The Hall–Kier alpha value is -0.810. The molecule has 370 valence electrons. The van der Waals surface area contributed by atoms with Gasteiger partial charge in [-0.15, -0.1) is 0 Å². The van der Waals surface area contributed by atoms with Crippen molar-refractivity contribution in [3.63, 3.8) is 0 Å². The lowest BCUT2D eigenvalue weighted by Crippen LogP contribution is -2.60. The summed E-state index contributed by atoms with van der Waals surface area (Å²) < 4.78 is 11.3. The molecule has 7 atom stereocenters. The first-order chi connectivity index (χ1) is 30.3. The van der Waals surface area contributed by atoms with Gasteiger partial charge >= 0.3 is 0 Å². The Labute approximate surface area is 383 Å². The van der Waals surface area contributed by atoms with E-state index in [4.69, 9.17) is 9.47 Å². The standard InChI is InChI=1S/C53H105NO8/c1-3-5-7-9-11-13-14-15-16-17-18-19-20-21-22-23-24-25-26-27-28-29-30-31-32-33-34-35-36-38-40-42-47(56)46(54-49(57)43-41-39-37-12-10-8-6-4-2)45-61-53-52(60)51(59)50(58)48(44-55)62-53/h46-48,50-53,55-56,58-60H,3-45H2,1-2H3,(H,54,57). The summed E-state index contributed by atoms with van der Waals surface area (Å²) in [6.07, 6.45) is 44.6. The largest absolute Gasteiger partial charge is 0.394 e. The third-order valence-electron chi connectivity index (χ3n) is 13.5. The van der Waals surface area contributed by atoms with Crippen molar-refractivity contribution in [1.29, 1.82) is 0 Å². The Morgan fingerprint density at radius 1 is 0.484 bits per heavy atom. The van der Waals surface area contributed by atoms with Crippen LogP contribution >= 0.6 is 0 Å². The highest BCUT2D eigenvalue weighted by atomic mass is 16.7. The molecule has 1 aliphatic rings. The zero-order valence-corrected chi connectivity index (χ0v) is 40.9. The van der Waals surface area contributed by atoms with Crippen molar-refractivity contribution >= 4 is 5.91 Å². The van der Waals surface area contributed by atoms with Crippen LogP contribution in [0.5, 0.6) is 0 Å². The van der Waals surface area contributed by atoms with Gasteiger partial charge in [0, 0.05) is 6.42 Å². The lowest BCUT2D eigenvalue weighted by molar-refractivity contribution is -0.302. The summed E-state index contributed by atoms with van der Waals surface area (Å²) in [5, 5.41) is 54.3. The minimum atomic E-state index is -1.55. The lowest BCUT2D eigenvalue weighted by Gasteiger charge is -2.40. The summed E-state index contributed by atoms with van der Waals surface area (Å²) in [5.74, 6) is -0.145. The molecule has 0 radical (unpaired) electrons. The summed E-state index contributed by atoms with van der Waals surface area (Å²) >= 11 is 0. The van der Waals surface area contributed by atoms with Gasteiger partial charge in [0.15, 0.2) is 6.29 Å². The lowest BCUT2D eigenvalue weighted by atomic mass is 9.99. The van der Waals surface area contributed by atoms with Crippen LogP contribution in [0, 0.1) is 0 Å². The summed E-state index contributed by atoms with van der Waals surface area (Å²) in [7, 11) is 0. The Bertz CT molecular complexity index is 939. The van der Waals surface area contributed by atoms with E-state index in [1.807, 2.05) is 0 Å². The molecule has 1 amide bonds. The minimum absolute atomic E-state index is 0.132. The van der Waals surface area contributed by atoms with E-state index in [1.54, 1.807) is 0 Å². The van der Waals surface area contributed by atoms with Gasteiger partial charge in [-0.2, -0.15) is 0 Å². The fraction of sp³-hybridized carbons (Fsp3) is 0.981. The van der Waals surface area contributed by atoms with Crippen molar-refractivity contribution in [1.82, 2.24) is 5.32 Å². The third-order valence-corrected chi connectivity index (χ3v) is 13.5. The number of ether oxygens (including phenoxy) is 2. The van der Waals surface area contributed by atoms with Crippen LogP contribution in [0.3, 0.4) is 0 Å². The van der Waals surface area contributed by atoms with E-state index >= 15 is 0 Å². The van der Waals surface area contributed by atoms with Gasteiger partial charge in [-0.3, -0.25) is 4.79 Å². The van der Waals surface area contributed by atoms with E-state index in [0.717, 1.165) is 38.5 Å². The summed E-state index contributed by atoms with van der Waals surface area (Å²) in [6.45, 7) is 3.83. The first-order valence-corrected chi connectivity index (χ1v) is 27.2. The minimum Gasteiger partial charge on any atom is -0.394 e. The number of rotatable bonds is 47. The zero-order valence-electron chi connectivity index (χ0n) is 40.9. The molecule has 0 bridgehead atoms. The molecule has 1 fully saturated rings. The summed E-state index contributed by atoms with van der Waals surface area (Å²) in [4.78, 5) is 12.9. The topological polar surface area (TPSA) is 149 Å². The molecule has 9 nitrogen and oxygen atoms in total. The molecule has 1 saturated heterocycles. The zero-order chi connectivity index (χ0) is 45.1. The predicted octanol–water partition coefficient (Wildman–Crippen LogP) is 12.7. The fourth-order valence-electron chi connectivity index (χ4n) is 9.11. The number of aliphatic hydroxyl groups excluding tert-OH is 5. The van der Waals surface area contributed by atoms with Crippen LogP contribution in [0.25, 0.3) is 0 Å². The Morgan fingerprint density at radius 3 is 1.15 bits per heavy atom. The molecule has 9 heteroatoms. The van der Waals surface area contributed by atoms with E-state index in [0.29, 0.717) is 12.8 Å². The van der Waals surface area contributed by atoms with E-state index in [9.17, 15) is 30.3 Å². The molecule has 6 N–H and O–H groups in total. The van der Waals surface area contributed by atoms with Crippen LogP contribution in [0.15, 0.2) is 0 Å². The smallest absolute Gasteiger partial charge is 0.220 e. The van der Waals surface area contributed by atoms with Gasteiger partial charge in [0.25, 0.3) is 0 Å². The van der Waals surface area contributed by atoms with Crippen molar-refractivity contribution in [2.24, 2.45) is 0 Å². The van der Waals surface area contributed by atoms with Crippen molar-refractivity contribution in [2.75, 3.05) is 13.2 Å². The molecular weight excluding hydrogens is 779 g/mol. The maximum Gasteiger partial charge on any atom is 0.220 e. The molecule has 62 heavy (non-hydrogen) atoms. The van der Waals surface area contributed by atoms with Crippen LogP contribution in [0.4, 0.5) is 0 Å². The first kappa shape index (κ1) is 59.2. The Morgan fingerprint density at radius 2 is 0.806 bits per heavy atom. The first-order valence-electron chi connectivity index (χ1n) is 27.2. The van der Waals surface area contributed by atoms with E-state index in [2.05, 4.69) is 19.2 Å². The van der Waals surface area contributed by atoms with E-state index in [-0.39, 0.29) is 12.5 Å². The van der Waals surface area contributed by atoms with Gasteiger partial charge in [-0.25, -0.2) is 0 Å². The Kier molecular flexibility index (Phi) is 42.1. The molecule has 0 aromatic carbocycles. The SMILES string of the molecule is CCCCCCCCCCCCCCCCCCCCCCCCCCCCCCCCCC(O)C(COC1OC(CO)C(O)C(O)C1O)NC(=O)CCCCCCCCCC. The van der Waals surface area contributed by atoms with Crippen LogP contribution in [0.2, 0.25) is 0 Å². The predicted molar refractivity (Wildman–Crippen MR) is 258 cm³/mol. The van der Waals surface area contributed by atoms with Gasteiger partial charge in [-0.05, 0) is 12.8 Å². The highest BCUT2D eigenvalue weighted by molar-refractivity contribution is 5.76. The number of carbonyl (C=O) groups is 1. The summed E-state index contributed by atoms with van der Waals surface area (Å²) in [5.41, 5.74) is 0. The molecule has 0 saturated carbocycles. The van der Waals surface area contributed by atoms with Crippen LogP contribution in [0.1, 0.15) is 277 Å². The van der Waals surface area contributed by atoms with Gasteiger partial charge < -0.3 is 40.3 Å². The second-order valence-corrected chi connectivity index (χ2v) is 19.4. The fourth-order valence-corrected chi connectivity index (χ4v) is 9.11. The van der Waals surface area contributed by atoms with Gasteiger partial charge in [-0.1, -0.05) is 258 Å². The van der Waals surface area contributed by atoms with Gasteiger partial charge in [0.2, 0.25) is 5.91 Å². The van der Waals surface area contributed by atoms with Crippen molar-refractivity contribution in [2.45, 2.75) is 320 Å². The number of hydrogen-bond acceptors (Lipinski definition) is 8.